The molecule has 1 aromatic heterocycles. The minimum atomic E-state index is -4.42. The summed E-state index contributed by atoms with van der Waals surface area (Å²) in [7, 11) is 1.59. The number of fused-ring (bicyclic) bond motifs is 1. The Kier molecular flexibility index (Phi) is 8.16. The van der Waals surface area contributed by atoms with Gasteiger partial charge in [-0.3, -0.25) is 4.99 Å². The van der Waals surface area contributed by atoms with Crippen LogP contribution in [-0.2, 0) is 19.3 Å². The Morgan fingerprint density at radius 1 is 1.18 bits per heavy atom. The highest BCUT2D eigenvalue weighted by molar-refractivity contribution is 14.0. The molecule has 6 nitrogen and oxygen atoms in total. The third kappa shape index (κ3) is 6.12. The van der Waals surface area contributed by atoms with Crippen LogP contribution in [0.25, 0.3) is 0 Å². The van der Waals surface area contributed by atoms with Gasteiger partial charge in [0.05, 0.1) is 19.8 Å². The van der Waals surface area contributed by atoms with Crippen LogP contribution in [0, 0.1) is 0 Å². The number of halogens is 4. The summed E-state index contributed by atoms with van der Waals surface area (Å²) >= 11 is 0.954. The Bertz CT molecular complexity index is 814. The number of aromatic nitrogens is 1. The first-order valence-electron chi connectivity index (χ1n) is 8.30. The van der Waals surface area contributed by atoms with Crippen molar-refractivity contribution in [1.29, 1.82) is 0 Å². The van der Waals surface area contributed by atoms with E-state index in [9.17, 15) is 13.2 Å². The molecule has 2 aromatic rings. The predicted octanol–water partition coefficient (Wildman–Crippen LogP) is 3.81. The van der Waals surface area contributed by atoms with E-state index in [0.717, 1.165) is 34.5 Å². The fourth-order valence-corrected chi connectivity index (χ4v) is 3.15. The van der Waals surface area contributed by atoms with Crippen molar-refractivity contribution < 1.29 is 22.6 Å². The zero-order valence-corrected chi connectivity index (χ0v) is 18.2. The van der Waals surface area contributed by atoms with E-state index < -0.39 is 11.9 Å². The van der Waals surface area contributed by atoms with Crippen molar-refractivity contribution in [3.63, 3.8) is 0 Å². The second-order valence-electron chi connectivity index (χ2n) is 5.74. The summed E-state index contributed by atoms with van der Waals surface area (Å²) < 4.78 is 49.0. The van der Waals surface area contributed by atoms with E-state index in [1.54, 1.807) is 7.05 Å². The number of hydrogen-bond acceptors (Lipinski definition) is 5. The molecule has 0 aliphatic carbocycles. The van der Waals surface area contributed by atoms with Gasteiger partial charge >= 0.3 is 6.18 Å². The Morgan fingerprint density at radius 2 is 1.89 bits per heavy atom. The van der Waals surface area contributed by atoms with Crippen LogP contribution in [0.5, 0.6) is 11.5 Å². The summed E-state index contributed by atoms with van der Waals surface area (Å²) in [6, 6.07) is 5.68. The normalized spacial score (nSPS) is 14.1. The fourth-order valence-electron chi connectivity index (χ4n) is 2.41. The Morgan fingerprint density at radius 3 is 2.57 bits per heavy atom. The molecule has 0 atom stereocenters. The number of ether oxygens (including phenoxy) is 2. The fraction of sp³-hybridized carbons (Fsp3) is 0.412. The maximum absolute atomic E-state index is 12.6. The average Bonchev–Trinajstić information content (AvgIpc) is 3.00. The molecule has 154 valence electrons. The van der Waals surface area contributed by atoms with E-state index in [-0.39, 0.29) is 30.5 Å². The summed E-state index contributed by atoms with van der Waals surface area (Å²) in [4.78, 5) is 7.65. The summed E-state index contributed by atoms with van der Waals surface area (Å²) in [6.45, 7) is 1.87. The minimum Gasteiger partial charge on any atom is -0.490 e. The molecule has 0 saturated carbocycles. The van der Waals surface area contributed by atoms with E-state index in [0.29, 0.717) is 36.5 Å². The first kappa shape index (κ1) is 22.5. The second-order valence-corrected chi connectivity index (χ2v) is 6.68. The lowest BCUT2D eigenvalue weighted by Gasteiger charge is -2.13. The zero-order valence-electron chi connectivity index (χ0n) is 15.0. The molecule has 0 saturated heterocycles. The zero-order chi connectivity index (χ0) is 19.3. The lowest BCUT2D eigenvalue weighted by molar-refractivity contribution is -0.140. The van der Waals surface area contributed by atoms with Gasteiger partial charge in [-0.1, -0.05) is 6.07 Å². The van der Waals surface area contributed by atoms with E-state index in [1.165, 1.54) is 0 Å². The highest BCUT2D eigenvalue weighted by Crippen LogP contribution is 2.31. The number of benzene rings is 1. The first-order chi connectivity index (χ1) is 13.0. The van der Waals surface area contributed by atoms with E-state index in [1.807, 2.05) is 18.2 Å². The largest absolute Gasteiger partial charge is 0.490 e. The number of alkyl halides is 3. The third-order valence-electron chi connectivity index (χ3n) is 3.74. The highest BCUT2D eigenvalue weighted by atomic mass is 127. The molecule has 0 radical (unpaired) electrons. The van der Waals surface area contributed by atoms with Gasteiger partial charge in [-0.25, -0.2) is 4.98 Å². The average molecular weight is 528 g/mol. The van der Waals surface area contributed by atoms with Crippen LogP contribution >= 0.6 is 35.3 Å². The number of rotatable bonds is 4. The highest BCUT2D eigenvalue weighted by Gasteiger charge is 2.33. The van der Waals surface area contributed by atoms with Crippen molar-refractivity contribution in [3.8, 4) is 11.5 Å². The standard InChI is InChI=1S/C17H19F3N4O2S.HI/c1-21-16(23-9-15-24-14(10-27-15)17(18,19)20)22-8-11-3-4-12-13(7-11)26-6-2-5-25-12;/h3-4,7,10H,2,5-6,8-9H2,1H3,(H2,21,22,23);1H. The SMILES string of the molecule is CN=C(NCc1ccc2c(c1)OCCCO2)NCc1nc(C(F)(F)F)cs1.I. The van der Waals surface area contributed by atoms with Crippen molar-refractivity contribution >= 4 is 41.3 Å². The summed E-state index contributed by atoms with van der Waals surface area (Å²) in [6.07, 6.45) is -3.59. The van der Waals surface area contributed by atoms with Crippen molar-refractivity contribution in [2.24, 2.45) is 4.99 Å². The van der Waals surface area contributed by atoms with Crippen LogP contribution in [0.1, 0.15) is 22.7 Å². The minimum absolute atomic E-state index is 0. The number of thiazole rings is 1. The molecule has 3 rings (SSSR count). The molecule has 0 amide bonds. The lowest BCUT2D eigenvalue weighted by atomic mass is 10.2. The van der Waals surface area contributed by atoms with Crippen LogP contribution in [0.3, 0.4) is 0 Å². The first-order valence-corrected chi connectivity index (χ1v) is 9.18. The molecular weight excluding hydrogens is 508 g/mol. The Labute approximate surface area is 181 Å². The predicted molar refractivity (Wildman–Crippen MR) is 112 cm³/mol. The maximum atomic E-state index is 12.6. The molecule has 0 unspecified atom stereocenters. The van der Waals surface area contributed by atoms with E-state index >= 15 is 0 Å². The molecule has 2 heterocycles. The molecule has 0 fully saturated rings. The van der Waals surface area contributed by atoms with Gasteiger partial charge in [0, 0.05) is 25.4 Å². The van der Waals surface area contributed by atoms with Crippen LogP contribution in [0.4, 0.5) is 13.2 Å². The summed E-state index contributed by atoms with van der Waals surface area (Å²) in [5.74, 6) is 1.89. The van der Waals surface area contributed by atoms with Crippen molar-refractivity contribution in [2.45, 2.75) is 25.7 Å². The van der Waals surface area contributed by atoms with Crippen LogP contribution in [0.15, 0.2) is 28.6 Å². The Hall–Kier alpha value is -1.76. The molecule has 2 N–H and O–H groups in total. The number of guanidine groups is 1. The third-order valence-corrected chi connectivity index (χ3v) is 4.59. The Balaban J connectivity index is 0.00000280. The molecule has 0 spiro atoms. The molecular formula is C17H20F3IN4O2S. The van der Waals surface area contributed by atoms with Crippen LogP contribution in [-0.4, -0.2) is 31.2 Å². The molecule has 1 aliphatic rings. The smallest absolute Gasteiger partial charge is 0.434 e. The van der Waals surface area contributed by atoms with Gasteiger partial charge in [0.2, 0.25) is 0 Å². The van der Waals surface area contributed by atoms with Crippen LogP contribution in [0.2, 0.25) is 0 Å². The maximum Gasteiger partial charge on any atom is 0.434 e. The monoisotopic (exact) mass is 528 g/mol. The van der Waals surface area contributed by atoms with Gasteiger partial charge in [0.25, 0.3) is 0 Å². The van der Waals surface area contributed by atoms with Crippen molar-refractivity contribution in [1.82, 2.24) is 15.6 Å². The van der Waals surface area contributed by atoms with Gasteiger partial charge in [-0.05, 0) is 17.7 Å². The molecule has 1 aromatic carbocycles. The van der Waals surface area contributed by atoms with Gasteiger partial charge in [0.1, 0.15) is 5.01 Å². The quantitative estimate of drug-likeness (QED) is 0.359. The van der Waals surface area contributed by atoms with Crippen LogP contribution < -0.4 is 20.1 Å². The number of hydrogen-bond donors (Lipinski definition) is 2. The topological polar surface area (TPSA) is 67.8 Å². The number of nitrogens with zero attached hydrogens (tertiary/aromatic N) is 2. The molecule has 28 heavy (non-hydrogen) atoms. The lowest BCUT2D eigenvalue weighted by Crippen LogP contribution is -2.36. The number of nitrogens with one attached hydrogen (secondary N) is 2. The van der Waals surface area contributed by atoms with Gasteiger partial charge in [-0.15, -0.1) is 35.3 Å². The van der Waals surface area contributed by atoms with Gasteiger partial charge in [0.15, 0.2) is 23.2 Å². The summed E-state index contributed by atoms with van der Waals surface area (Å²) in [5, 5.41) is 7.41. The van der Waals surface area contributed by atoms with Crippen molar-refractivity contribution in [3.05, 3.63) is 39.8 Å². The van der Waals surface area contributed by atoms with E-state index in [2.05, 4.69) is 20.6 Å². The van der Waals surface area contributed by atoms with Crippen molar-refractivity contribution in [2.75, 3.05) is 20.3 Å². The number of aliphatic imine (C=N–C) groups is 1. The molecule has 0 bridgehead atoms. The van der Waals surface area contributed by atoms with Gasteiger partial charge in [-0.2, -0.15) is 13.2 Å². The van der Waals surface area contributed by atoms with Gasteiger partial charge < -0.3 is 20.1 Å². The second kappa shape index (κ2) is 10.1. The van der Waals surface area contributed by atoms with E-state index in [4.69, 9.17) is 9.47 Å². The molecule has 1 aliphatic heterocycles. The molecule has 11 heteroatoms. The summed E-state index contributed by atoms with van der Waals surface area (Å²) in [5.41, 5.74) is 0.0928.